The molecular weight excluding hydrogens is 304 g/mol. The summed E-state index contributed by atoms with van der Waals surface area (Å²) in [5.41, 5.74) is 0.440. The van der Waals surface area contributed by atoms with E-state index in [1.54, 1.807) is 0 Å². The highest BCUT2D eigenvalue weighted by Crippen LogP contribution is 2.19. The van der Waals surface area contributed by atoms with E-state index in [0.717, 1.165) is 17.7 Å². The molecular formula is C15H18N2O6. The maximum Gasteiger partial charge on any atom is 0.335 e. The summed E-state index contributed by atoms with van der Waals surface area (Å²) in [6, 6.07) is 0. The molecule has 2 aliphatic heterocycles. The fourth-order valence-corrected chi connectivity index (χ4v) is 2.33. The first kappa shape index (κ1) is 16.9. The normalized spacial score (nSPS) is 18.0. The Morgan fingerprint density at radius 1 is 1.17 bits per heavy atom. The van der Waals surface area contributed by atoms with Gasteiger partial charge in [0.15, 0.2) is 0 Å². The lowest BCUT2D eigenvalue weighted by Crippen LogP contribution is -2.36. The van der Waals surface area contributed by atoms with Gasteiger partial charge in [-0.15, -0.1) is 5.06 Å². The first-order valence-electron chi connectivity index (χ1n) is 7.57. The molecule has 4 amide bonds. The number of hydrogen-bond acceptors (Lipinski definition) is 6. The van der Waals surface area contributed by atoms with Gasteiger partial charge >= 0.3 is 5.97 Å². The van der Waals surface area contributed by atoms with Gasteiger partial charge in [0, 0.05) is 31.0 Å². The molecule has 0 bridgehead atoms. The Hall–Kier alpha value is -2.51. The topological polar surface area (TPSA) is 101 Å². The van der Waals surface area contributed by atoms with Gasteiger partial charge in [0.1, 0.15) is 0 Å². The molecule has 1 saturated heterocycles. The summed E-state index contributed by atoms with van der Waals surface area (Å²) in [7, 11) is 0. The van der Waals surface area contributed by atoms with E-state index in [9.17, 15) is 24.0 Å². The third kappa shape index (κ3) is 3.82. The van der Waals surface area contributed by atoms with Crippen LogP contribution in [0.4, 0.5) is 0 Å². The Bertz CT molecular complexity index is 579. The van der Waals surface area contributed by atoms with Gasteiger partial charge in [-0.05, 0) is 12.8 Å². The van der Waals surface area contributed by atoms with Crippen LogP contribution in [0, 0.1) is 0 Å². The van der Waals surface area contributed by atoms with Crippen LogP contribution in [-0.4, -0.2) is 46.1 Å². The summed E-state index contributed by atoms with van der Waals surface area (Å²) in [6.07, 6.45) is 3.28. The molecule has 0 aromatic rings. The predicted molar refractivity (Wildman–Crippen MR) is 76.1 cm³/mol. The second-order valence-electron chi connectivity index (χ2n) is 5.36. The second-order valence-corrected chi connectivity index (χ2v) is 5.36. The lowest BCUT2D eigenvalue weighted by atomic mass is 10.1. The van der Waals surface area contributed by atoms with Gasteiger partial charge in [-0.2, -0.15) is 0 Å². The SMILES string of the molecule is CCCCC1=CC(=O)N(CCC(=O)ON2C(=O)CCC2=O)C1=O. The molecule has 0 atom stereocenters. The molecule has 0 saturated carbocycles. The molecule has 23 heavy (non-hydrogen) atoms. The Labute approximate surface area is 133 Å². The van der Waals surface area contributed by atoms with E-state index in [2.05, 4.69) is 4.84 Å². The quantitative estimate of drug-likeness (QED) is 0.631. The third-order valence-electron chi connectivity index (χ3n) is 3.62. The highest BCUT2D eigenvalue weighted by atomic mass is 16.7. The fraction of sp³-hybridized carbons (Fsp3) is 0.533. The van der Waals surface area contributed by atoms with Crippen LogP contribution in [0.5, 0.6) is 0 Å². The molecule has 0 aromatic heterocycles. The van der Waals surface area contributed by atoms with Crippen molar-refractivity contribution < 1.29 is 28.8 Å². The maximum atomic E-state index is 12.0. The molecule has 1 fully saturated rings. The van der Waals surface area contributed by atoms with Crippen LogP contribution in [-0.2, 0) is 28.8 Å². The fourth-order valence-electron chi connectivity index (χ4n) is 2.33. The molecule has 2 rings (SSSR count). The van der Waals surface area contributed by atoms with Crippen molar-refractivity contribution in [2.24, 2.45) is 0 Å². The van der Waals surface area contributed by atoms with E-state index in [1.807, 2.05) is 6.92 Å². The van der Waals surface area contributed by atoms with Gasteiger partial charge in [0.25, 0.3) is 23.6 Å². The van der Waals surface area contributed by atoms with Gasteiger partial charge in [-0.3, -0.25) is 24.1 Å². The average Bonchev–Trinajstić information content (AvgIpc) is 2.96. The summed E-state index contributed by atoms with van der Waals surface area (Å²) >= 11 is 0. The zero-order valence-corrected chi connectivity index (χ0v) is 12.9. The monoisotopic (exact) mass is 322 g/mol. The van der Waals surface area contributed by atoms with Crippen molar-refractivity contribution in [3.63, 3.8) is 0 Å². The van der Waals surface area contributed by atoms with Crippen molar-refractivity contribution in [2.75, 3.05) is 6.54 Å². The highest BCUT2D eigenvalue weighted by Gasteiger charge is 2.34. The van der Waals surface area contributed by atoms with Crippen molar-refractivity contribution in [1.82, 2.24) is 9.96 Å². The molecule has 8 nitrogen and oxygen atoms in total. The summed E-state index contributed by atoms with van der Waals surface area (Å²) in [5.74, 6) is -2.83. The largest absolute Gasteiger partial charge is 0.335 e. The highest BCUT2D eigenvalue weighted by molar-refractivity contribution is 6.16. The number of hydroxylamine groups is 2. The molecule has 2 heterocycles. The van der Waals surface area contributed by atoms with Gasteiger partial charge in [0.05, 0.1) is 6.42 Å². The minimum Gasteiger partial charge on any atom is -0.330 e. The Morgan fingerprint density at radius 3 is 2.43 bits per heavy atom. The van der Waals surface area contributed by atoms with E-state index in [-0.39, 0.29) is 25.8 Å². The molecule has 0 N–H and O–H groups in total. The van der Waals surface area contributed by atoms with Crippen LogP contribution in [0.2, 0.25) is 0 Å². The number of carbonyl (C=O) groups is 5. The number of rotatable bonds is 7. The minimum atomic E-state index is -0.837. The van der Waals surface area contributed by atoms with Crippen LogP contribution in [0.3, 0.4) is 0 Å². The van der Waals surface area contributed by atoms with Gasteiger partial charge < -0.3 is 4.84 Å². The Balaban J connectivity index is 1.83. The van der Waals surface area contributed by atoms with Crippen LogP contribution < -0.4 is 0 Å². The standard InChI is InChI=1S/C15H18N2O6/c1-2-3-4-10-9-13(20)16(15(10)22)8-7-14(21)23-17-11(18)5-6-12(17)19/h9H,2-8H2,1H3. The van der Waals surface area contributed by atoms with Crippen LogP contribution in [0.25, 0.3) is 0 Å². The molecule has 124 valence electrons. The van der Waals surface area contributed by atoms with E-state index in [1.165, 1.54) is 6.08 Å². The summed E-state index contributed by atoms with van der Waals surface area (Å²) in [4.78, 5) is 63.8. The number of hydrogen-bond donors (Lipinski definition) is 0. The molecule has 0 aliphatic carbocycles. The predicted octanol–water partition coefficient (Wildman–Crippen LogP) is 0.469. The van der Waals surface area contributed by atoms with Crippen molar-refractivity contribution in [3.8, 4) is 0 Å². The number of amides is 4. The van der Waals surface area contributed by atoms with E-state index < -0.39 is 29.6 Å². The molecule has 0 aromatic carbocycles. The number of unbranched alkanes of at least 4 members (excludes halogenated alkanes) is 1. The van der Waals surface area contributed by atoms with Crippen LogP contribution in [0.1, 0.15) is 45.4 Å². The van der Waals surface area contributed by atoms with Crippen molar-refractivity contribution in [2.45, 2.75) is 45.4 Å². The van der Waals surface area contributed by atoms with E-state index >= 15 is 0 Å². The van der Waals surface area contributed by atoms with Gasteiger partial charge in [-0.1, -0.05) is 13.3 Å². The van der Waals surface area contributed by atoms with Gasteiger partial charge in [-0.25, -0.2) is 4.79 Å². The Morgan fingerprint density at radius 2 is 1.83 bits per heavy atom. The molecule has 0 unspecified atom stereocenters. The summed E-state index contributed by atoms with van der Waals surface area (Å²) < 4.78 is 0. The van der Waals surface area contributed by atoms with Crippen LogP contribution >= 0.6 is 0 Å². The molecule has 0 radical (unpaired) electrons. The van der Waals surface area contributed by atoms with Crippen molar-refractivity contribution in [1.29, 1.82) is 0 Å². The van der Waals surface area contributed by atoms with Gasteiger partial charge in [0.2, 0.25) is 0 Å². The first-order valence-corrected chi connectivity index (χ1v) is 7.57. The minimum absolute atomic E-state index is 0.0138. The van der Waals surface area contributed by atoms with Crippen molar-refractivity contribution in [3.05, 3.63) is 11.6 Å². The lowest BCUT2D eigenvalue weighted by Gasteiger charge is -2.16. The first-order chi connectivity index (χ1) is 10.9. The molecule has 8 heteroatoms. The number of imide groups is 2. The maximum absolute atomic E-state index is 12.0. The molecule has 2 aliphatic rings. The zero-order chi connectivity index (χ0) is 17.0. The average molecular weight is 322 g/mol. The number of carbonyl (C=O) groups excluding carboxylic acids is 5. The van der Waals surface area contributed by atoms with E-state index in [0.29, 0.717) is 17.1 Å². The second kappa shape index (κ2) is 7.17. The summed E-state index contributed by atoms with van der Waals surface area (Å²) in [6.45, 7) is 1.84. The third-order valence-corrected chi connectivity index (χ3v) is 3.62. The van der Waals surface area contributed by atoms with Crippen molar-refractivity contribution >= 4 is 29.6 Å². The molecule has 0 spiro atoms. The lowest BCUT2D eigenvalue weighted by molar-refractivity contribution is -0.197. The smallest absolute Gasteiger partial charge is 0.330 e. The number of nitrogens with zero attached hydrogens (tertiary/aromatic N) is 2. The van der Waals surface area contributed by atoms with E-state index in [4.69, 9.17) is 0 Å². The van der Waals surface area contributed by atoms with Crippen LogP contribution in [0.15, 0.2) is 11.6 Å². The zero-order valence-electron chi connectivity index (χ0n) is 12.9. The summed E-state index contributed by atoms with van der Waals surface area (Å²) in [5, 5.41) is 0.445. The Kier molecular flexibility index (Phi) is 5.25.